The molecule has 0 atom stereocenters. The van der Waals surface area contributed by atoms with Crippen LogP contribution in [0.2, 0.25) is 0 Å². The van der Waals surface area contributed by atoms with Gasteiger partial charge in [-0.25, -0.2) is 9.59 Å². The molecule has 0 aliphatic carbocycles. The number of hydrogen-bond donors (Lipinski definition) is 0. The lowest BCUT2D eigenvalue weighted by Gasteiger charge is -2.07. The third-order valence-electron chi connectivity index (χ3n) is 2.32. The van der Waals surface area contributed by atoms with E-state index in [0.29, 0.717) is 11.3 Å². The van der Waals surface area contributed by atoms with Gasteiger partial charge in [-0.05, 0) is 25.1 Å². The number of nitrogens with zero attached hydrogens (tertiary/aromatic N) is 1. The molecule has 0 heterocycles. The molecule has 0 aliphatic heterocycles. The average Bonchev–Trinajstić information content (AvgIpc) is 2.47. The molecule has 0 aliphatic rings. The molecule has 6 heteroatoms. The van der Waals surface area contributed by atoms with Gasteiger partial charge in [0.2, 0.25) is 0 Å². The lowest BCUT2D eigenvalue weighted by molar-refractivity contribution is -0.141. The largest absolute Gasteiger partial charge is 0.496 e. The maximum Gasteiger partial charge on any atom is 0.332 e. The van der Waals surface area contributed by atoms with Gasteiger partial charge >= 0.3 is 11.9 Å². The first-order valence-electron chi connectivity index (χ1n) is 6.32. The van der Waals surface area contributed by atoms with E-state index in [1.807, 2.05) is 0 Å². The number of carbonyl (C=O) groups excluding carboxylic acids is 2. The van der Waals surface area contributed by atoms with Gasteiger partial charge in [0, 0.05) is 18.6 Å². The first-order valence-corrected chi connectivity index (χ1v) is 6.32. The quantitative estimate of drug-likeness (QED) is 0.264. The van der Waals surface area contributed by atoms with Gasteiger partial charge in [0.1, 0.15) is 11.5 Å². The summed E-state index contributed by atoms with van der Waals surface area (Å²) in [5.41, 5.74) is 0.859. The predicted molar refractivity (Wildman–Crippen MR) is 77.1 cm³/mol. The van der Waals surface area contributed by atoms with E-state index in [4.69, 9.17) is 9.47 Å². The summed E-state index contributed by atoms with van der Waals surface area (Å²) in [6.07, 6.45) is 2.61. The first-order chi connectivity index (χ1) is 10.1. The summed E-state index contributed by atoms with van der Waals surface area (Å²) in [6, 6.07) is 7.04. The minimum absolute atomic E-state index is 0.272. The number of carbonyl (C=O) groups is 2. The van der Waals surface area contributed by atoms with E-state index in [-0.39, 0.29) is 12.3 Å². The van der Waals surface area contributed by atoms with Crippen molar-refractivity contribution < 1.29 is 23.9 Å². The van der Waals surface area contributed by atoms with E-state index >= 15 is 0 Å². The average molecular weight is 291 g/mol. The Morgan fingerprint density at radius 2 is 1.95 bits per heavy atom. The first kappa shape index (κ1) is 16.4. The summed E-state index contributed by atoms with van der Waals surface area (Å²) in [4.78, 5) is 26.9. The van der Waals surface area contributed by atoms with Crippen LogP contribution in [0.15, 0.2) is 41.6 Å². The Labute approximate surface area is 123 Å². The minimum atomic E-state index is -0.563. The summed E-state index contributed by atoms with van der Waals surface area (Å²) in [5.74, 6) is -0.535. The van der Waals surface area contributed by atoms with Gasteiger partial charge in [-0.2, -0.15) is 0 Å². The zero-order chi connectivity index (χ0) is 15.7. The van der Waals surface area contributed by atoms with Crippen molar-refractivity contribution in [1.29, 1.82) is 0 Å². The topological polar surface area (TPSA) is 74.2 Å². The summed E-state index contributed by atoms with van der Waals surface area (Å²) < 4.78 is 10.0. The maximum atomic E-state index is 11.4. The van der Waals surface area contributed by atoms with Crippen molar-refractivity contribution in [3.63, 3.8) is 0 Å². The number of hydrogen-bond acceptors (Lipinski definition) is 6. The Kier molecular flexibility index (Phi) is 6.67. The molecule has 0 radical (unpaired) electrons. The Balaban J connectivity index is 3.10. The fourth-order valence-electron chi connectivity index (χ4n) is 1.48. The molecule has 21 heavy (non-hydrogen) atoms. The highest BCUT2D eigenvalue weighted by Crippen LogP contribution is 2.19. The number of esters is 1. The van der Waals surface area contributed by atoms with Crippen LogP contribution in [-0.2, 0) is 19.2 Å². The van der Waals surface area contributed by atoms with Crippen molar-refractivity contribution in [2.75, 3.05) is 13.7 Å². The highest BCUT2D eigenvalue weighted by atomic mass is 16.7. The minimum Gasteiger partial charge on any atom is -0.496 e. The van der Waals surface area contributed by atoms with Crippen molar-refractivity contribution in [2.45, 2.75) is 13.8 Å². The van der Waals surface area contributed by atoms with Crippen molar-refractivity contribution >= 4 is 17.7 Å². The summed E-state index contributed by atoms with van der Waals surface area (Å²) in [7, 11) is 1.51. The predicted octanol–water partition coefficient (Wildman–Crippen LogP) is 2.08. The van der Waals surface area contributed by atoms with Crippen LogP contribution in [0.5, 0.6) is 5.75 Å². The van der Waals surface area contributed by atoms with Gasteiger partial charge in [0.15, 0.2) is 0 Å². The van der Waals surface area contributed by atoms with Gasteiger partial charge in [-0.3, -0.25) is 0 Å². The third-order valence-corrected chi connectivity index (χ3v) is 2.32. The molecule has 0 bridgehead atoms. The Bertz CT molecular complexity index is 563. The van der Waals surface area contributed by atoms with Crippen molar-refractivity contribution in [1.82, 2.24) is 0 Å². The maximum absolute atomic E-state index is 11.4. The van der Waals surface area contributed by atoms with Crippen LogP contribution >= 0.6 is 0 Å². The number of rotatable bonds is 6. The van der Waals surface area contributed by atoms with Crippen LogP contribution in [0.4, 0.5) is 0 Å². The van der Waals surface area contributed by atoms with Crippen LogP contribution in [0, 0.1) is 0 Å². The molecule has 0 saturated carbocycles. The molecule has 6 nitrogen and oxygen atoms in total. The van der Waals surface area contributed by atoms with E-state index in [2.05, 4.69) is 9.99 Å². The zero-order valence-corrected chi connectivity index (χ0v) is 12.2. The van der Waals surface area contributed by atoms with Gasteiger partial charge in [0.25, 0.3) is 0 Å². The van der Waals surface area contributed by atoms with Crippen molar-refractivity contribution in [3.05, 3.63) is 42.0 Å². The Morgan fingerprint density at radius 3 is 2.57 bits per heavy atom. The summed E-state index contributed by atoms with van der Waals surface area (Å²) >= 11 is 0. The number of oxime groups is 1. The molecule has 1 aromatic rings. The van der Waals surface area contributed by atoms with E-state index < -0.39 is 11.9 Å². The lowest BCUT2D eigenvalue weighted by Crippen LogP contribution is -2.05. The van der Waals surface area contributed by atoms with Crippen LogP contribution in [0.1, 0.15) is 19.4 Å². The molecule has 0 spiro atoms. The number of para-hydroxylation sites is 1. The summed E-state index contributed by atoms with van der Waals surface area (Å²) in [5, 5.41) is 3.73. The standard InChI is InChI=1S/C15H17NO5/c1-4-20-15(18)10-9-13(16-21-11(2)17)12-7-5-6-8-14(12)19-3/h5-10H,4H2,1-3H3/b10-9+,16-13+. The Hall–Kier alpha value is -2.63. The second-order valence-electron chi connectivity index (χ2n) is 3.85. The molecule has 0 saturated heterocycles. The van der Waals surface area contributed by atoms with Crippen LogP contribution < -0.4 is 4.74 Å². The highest BCUT2D eigenvalue weighted by Gasteiger charge is 2.09. The van der Waals surface area contributed by atoms with E-state index in [1.54, 1.807) is 31.2 Å². The van der Waals surface area contributed by atoms with Gasteiger partial charge in [-0.1, -0.05) is 17.3 Å². The Morgan fingerprint density at radius 1 is 1.24 bits per heavy atom. The molecule has 0 aromatic heterocycles. The SMILES string of the molecule is CCOC(=O)/C=C/C(=N\OC(C)=O)c1ccccc1OC. The highest BCUT2D eigenvalue weighted by molar-refractivity contribution is 6.12. The van der Waals surface area contributed by atoms with Gasteiger partial charge in [0.05, 0.1) is 13.7 Å². The van der Waals surface area contributed by atoms with Crippen molar-refractivity contribution in [3.8, 4) is 5.75 Å². The molecule has 0 unspecified atom stereocenters. The van der Waals surface area contributed by atoms with Gasteiger partial charge < -0.3 is 14.3 Å². The number of allylic oxidation sites excluding steroid dienone is 1. The van der Waals surface area contributed by atoms with Gasteiger partial charge in [-0.15, -0.1) is 0 Å². The fraction of sp³-hybridized carbons (Fsp3) is 0.267. The van der Waals surface area contributed by atoms with E-state index in [1.165, 1.54) is 26.2 Å². The molecule has 1 rings (SSSR count). The number of methoxy groups -OCH3 is 1. The lowest BCUT2D eigenvalue weighted by atomic mass is 10.1. The summed E-state index contributed by atoms with van der Waals surface area (Å²) in [6.45, 7) is 3.21. The van der Waals surface area contributed by atoms with Crippen LogP contribution in [0.3, 0.4) is 0 Å². The molecular weight excluding hydrogens is 274 g/mol. The monoisotopic (exact) mass is 291 g/mol. The fourth-order valence-corrected chi connectivity index (χ4v) is 1.48. The molecule has 0 N–H and O–H groups in total. The third kappa shape index (κ3) is 5.48. The number of benzene rings is 1. The molecule has 0 fully saturated rings. The molecule has 0 amide bonds. The number of ether oxygens (including phenoxy) is 2. The zero-order valence-electron chi connectivity index (χ0n) is 12.2. The van der Waals surface area contributed by atoms with E-state index in [0.717, 1.165) is 0 Å². The molecule has 1 aromatic carbocycles. The van der Waals surface area contributed by atoms with Crippen LogP contribution in [0.25, 0.3) is 0 Å². The van der Waals surface area contributed by atoms with Crippen molar-refractivity contribution in [2.24, 2.45) is 5.16 Å². The smallest absolute Gasteiger partial charge is 0.332 e. The molecule has 112 valence electrons. The normalized spacial score (nSPS) is 11.3. The van der Waals surface area contributed by atoms with E-state index in [9.17, 15) is 9.59 Å². The molecular formula is C15H17NO5. The second-order valence-corrected chi connectivity index (χ2v) is 3.85. The second kappa shape index (κ2) is 8.52. The van der Waals surface area contributed by atoms with Crippen LogP contribution in [-0.4, -0.2) is 31.4 Å².